The molecule has 2 saturated carbocycles. The molecule has 0 spiro atoms. The Morgan fingerprint density at radius 2 is 1.95 bits per heavy atom. The van der Waals surface area contributed by atoms with Gasteiger partial charge >= 0.3 is 5.97 Å². The lowest BCUT2D eigenvalue weighted by atomic mass is 9.49. The maximum atomic E-state index is 11.9. The van der Waals surface area contributed by atoms with Crippen LogP contribution in [0.25, 0.3) is 0 Å². The molecule has 0 radical (unpaired) electrons. The molecule has 3 rings (SSSR count). The van der Waals surface area contributed by atoms with E-state index in [1.54, 1.807) is 0 Å². The SMILES string of the molecule is CC1C(=O)OC2C1CCC1(C)C(O)CCC(C)C21O. The lowest BCUT2D eigenvalue weighted by molar-refractivity contribution is -0.262. The van der Waals surface area contributed by atoms with Crippen molar-refractivity contribution in [1.29, 1.82) is 0 Å². The number of carbonyl (C=O) groups excluding carboxylic acids is 1. The molecule has 1 saturated heterocycles. The van der Waals surface area contributed by atoms with Crippen LogP contribution in [-0.4, -0.2) is 34.0 Å². The number of carbonyl (C=O) groups is 1. The predicted octanol–water partition coefficient (Wildman–Crippen LogP) is 1.49. The fraction of sp³-hybridized carbons (Fsp3) is 0.933. The minimum atomic E-state index is -1.09. The number of rotatable bonds is 0. The molecular weight excluding hydrogens is 244 g/mol. The van der Waals surface area contributed by atoms with Gasteiger partial charge in [0.25, 0.3) is 0 Å². The van der Waals surface area contributed by atoms with Gasteiger partial charge in [-0.2, -0.15) is 0 Å². The van der Waals surface area contributed by atoms with Crippen molar-refractivity contribution >= 4 is 5.97 Å². The summed E-state index contributed by atoms with van der Waals surface area (Å²) in [5.74, 6) is -0.185. The van der Waals surface area contributed by atoms with Gasteiger partial charge in [0.15, 0.2) is 0 Å². The Labute approximate surface area is 114 Å². The van der Waals surface area contributed by atoms with Crippen molar-refractivity contribution < 1.29 is 19.7 Å². The summed E-state index contributed by atoms with van der Waals surface area (Å²) in [5, 5.41) is 21.8. The van der Waals surface area contributed by atoms with Crippen molar-refractivity contribution in [2.75, 3.05) is 0 Å². The predicted molar refractivity (Wildman–Crippen MR) is 69.2 cm³/mol. The highest BCUT2D eigenvalue weighted by atomic mass is 16.6. The average Bonchev–Trinajstić information content (AvgIpc) is 2.66. The van der Waals surface area contributed by atoms with E-state index in [1.165, 1.54) is 0 Å². The van der Waals surface area contributed by atoms with E-state index in [0.717, 1.165) is 25.7 Å². The van der Waals surface area contributed by atoms with Crippen LogP contribution in [0.2, 0.25) is 0 Å². The van der Waals surface area contributed by atoms with Gasteiger partial charge in [-0.05, 0) is 31.6 Å². The van der Waals surface area contributed by atoms with Crippen LogP contribution < -0.4 is 0 Å². The Balaban J connectivity index is 2.05. The normalized spacial score (nSPS) is 57.3. The van der Waals surface area contributed by atoms with Gasteiger partial charge in [0, 0.05) is 11.3 Å². The molecule has 7 atom stereocenters. The van der Waals surface area contributed by atoms with Crippen molar-refractivity contribution in [3.05, 3.63) is 0 Å². The molecule has 19 heavy (non-hydrogen) atoms. The molecule has 1 heterocycles. The molecule has 3 fully saturated rings. The maximum absolute atomic E-state index is 11.9. The standard InChI is InChI=1S/C15H24O4/c1-8-4-5-11(16)14(3)7-6-10-9(2)13(17)19-12(10)15(8,14)18/h8-12,16,18H,4-7H2,1-3H3. The van der Waals surface area contributed by atoms with Crippen LogP contribution in [0.5, 0.6) is 0 Å². The van der Waals surface area contributed by atoms with Crippen molar-refractivity contribution in [1.82, 2.24) is 0 Å². The van der Waals surface area contributed by atoms with Gasteiger partial charge in [-0.3, -0.25) is 4.79 Å². The molecular formula is C15H24O4. The first-order valence-electron chi connectivity index (χ1n) is 7.43. The summed E-state index contributed by atoms with van der Waals surface area (Å²) in [7, 11) is 0. The monoisotopic (exact) mass is 268 g/mol. The van der Waals surface area contributed by atoms with Crippen molar-refractivity contribution in [3.63, 3.8) is 0 Å². The first-order chi connectivity index (χ1) is 8.82. The van der Waals surface area contributed by atoms with E-state index in [0.29, 0.717) is 0 Å². The fourth-order valence-electron chi connectivity index (χ4n) is 4.79. The highest BCUT2D eigenvalue weighted by molar-refractivity contribution is 5.75. The van der Waals surface area contributed by atoms with Crippen LogP contribution in [0, 0.1) is 23.2 Å². The largest absolute Gasteiger partial charge is 0.459 e. The van der Waals surface area contributed by atoms with Gasteiger partial charge in [-0.25, -0.2) is 0 Å². The van der Waals surface area contributed by atoms with Gasteiger partial charge in [0.2, 0.25) is 0 Å². The molecule has 2 aliphatic carbocycles. The van der Waals surface area contributed by atoms with Crippen molar-refractivity contribution in [3.8, 4) is 0 Å². The molecule has 0 aromatic rings. The van der Waals surface area contributed by atoms with Crippen LogP contribution in [0.4, 0.5) is 0 Å². The molecule has 4 nitrogen and oxygen atoms in total. The summed E-state index contributed by atoms with van der Waals surface area (Å²) in [6, 6.07) is 0. The quantitative estimate of drug-likeness (QED) is 0.653. The van der Waals surface area contributed by atoms with Crippen molar-refractivity contribution in [2.45, 2.75) is 64.3 Å². The second-order valence-corrected chi connectivity index (χ2v) is 7.09. The summed E-state index contributed by atoms with van der Waals surface area (Å²) in [6.07, 6.45) is 2.16. The summed E-state index contributed by atoms with van der Waals surface area (Å²) in [6.45, 7) is 5.87. The molecule has 4 heteroatoms. The van der Waals surface area contributed by atoms with E-state index in [1.807, 2.05) is 20.8 Å². The highest BCUT2D eigenvalue weighted by Crippen LogP contribution is 2.60. The Morgan fingerprint density at radius 1 is 1.26 bits per heavy atom. The third-order valence-corrected chi connectivity index (χ3v) is 6.35. The first kappa shape index (κ1) is 13.4. The topological polar surface area (TPSA) is 66.8 Å². The van der Waals surface area contributed by atoms with Crippen LogP contribution in [0.1, 0.15) is 46.5 Å². The summed E-state index contributed by atoms with van der Waals surface area (Å²) < 4.78 is 5.53. The number of ether oxygens (including phenoxy) is 1. The molecule has 1 aliphatic heterocycles. The highest BCUT2D eigenvalue weighted by Gasteiger charge is 2.68. The van der Waals surface area contributed by atoms with Crippen molar-refractivity contribution in [2.24, 2.45) is 23.2 Å². The zero-order valence-electron chi connectivity index (χ0n) is 11.9. The minimum Gasteiger partial charge on any atom is -0.459 e. The Morgan fingerprint density at radius 3 is 2.63 bits per heavy atom. The Hall–Kier alpha value is -0.610. The van der Waals surface area contributed by atoms with Gasteiger partial charge in [-0.15, -0.1) is 0 Å². The molecule has 0 bridgehead atoms. The molecule has 0 aromatic carbocycles. The summed E-state index contributed by atoms with van der Waals surface area (Å²) in [4.78, 5) is 11.9. The zero-order valence-corrected chi connectivity index (χ0v) is 11.9. The molecule has 7 unspecified atom stereocenters. The average molecular weight is 268 g/mol. The van der Waals surface area contributed by atoms with Gasteiger partial charge < -0.3 is 14.9 Å². The number of hydrogen-bond acceptors (Lipinski definition) is 4. The molecule has 2 N–H and O–H groups in total. The Kier molecular flexibility index (Phi) is 2.78. The summed E-state index contributed by atoms with van der Waals surface area (Å²) >= 11 is 0. The fourth-order valence-corrected chi connectivity index (χ4v) is 4.79. The zero-order chi connectivity index (χ0) is 14.0. The van der Waals surface area contributed by atoms with Crippen LogP contribution in [-0.2, 0) is 9.53 Å². The third kappa shape index (κ3) is 1.44. The number of aliphatic hydroxyl groups is 2. The lowest BCUT2D eigenvalue weighted by Gasteiger charge is -2.60. The second kappa shape index (κ2) is 3.95. The summed E-state index contributed by atoms with van der Waals surface area (Å²) in [5.41, 5.74) is -1.65. The molecule has 0 amide bonds. The number of fused-ring (bicyclic) bond motifs is 3. The van der Waals surface area contributed by atoms with Crippen LogP contribution in [0.3, 0.4) is 0 Å². The van der Waals surface area contributed by atoms with E-state index in [2.05, 4.69) is 0 Å². The number of esters is 1. The lowest BCUT2D eigenvalue weighted by Crippen LogP contribution is -2.69. The minimum absolute atomic E-state index is 0.0480. The van der Waals surface area contributed by atoms with Crippen LogP contribution in [0.15, 0.2) is 0 Å². The number of hydrogen-bond donors (Lipinski definition) is 2. The van der Waals surface area contributed by atoms with Gasteiger partial charge in [-0.1, -0.05) is 20.8 Å². The van der Waals surface area contributed by atoms with E-state index < -0.39 is 23.2 Å². The number of aliphatic hydroxyl groups excluding tert-OH is 1. The smallest absolute Gasteiger partial charge is 0.309 e. The van der Waals surface area contributed by atoms with E-state index in [4.69, 9.17) is 4.74 Å². The van der Waals surface area contributed by atoms with Gasteiger partial charge in [0.1, 0.15) is 11.7 Å². The third-order valence-electron chi connectivity index (χ3n) is 6.35. The van der Waals surface area contributed by atoms with E-state index in [-0.39, 0.29) is 23.7 Å². The van der Waals surface area contributed by atoms with E-state index >= 15 is 0 Å². The van der Waals surface area contributed by atoms with Gasteiger partial charge in [0.05, 0.1) is 12.0 Å². The second-order valence-electron chi connectivity index (χ2n) is 7.09. The van der Waals surface area contributed by atoms with Crippen LogP contribution >= 0.6 is 0 Å². The van der Waals surface area contributed by atoms with E-state index in [9.17, 15) is 15.0 Å². The molecule has 0 aromatic heterocycles. The Bertz CT molecular complexity index is 409. The molecule has 108 valence electrons. The molecule has 3 aliphatic rings. The maximum Gasteiger partial charge on any atom is 0.309 e. The first-order valence-corrected chi connectivity index (χ1v) is 7.43.